The van der Waals surface area contributed by atoms with Crippen LogP contribution >= 0.6 is 0 Å². The van der Waals surface area contributed by atoms with Crippen molar-refractivity contribution in [2.75, 3.05) is 26.2 Å². The first-order chi connectivity index (χ1) is 13.9. The van der Waals surface area contributed by atoms with Crippen LogP contribution in [0.3, 0.4) is 0 Å². The predicted molar refractivity (Wildman–Crippen MR) is 110 cm³/mol. The Kier molecular flexibility index (Phi) is 4.35. The van der Waals surface area contributed by atoms with E-state index in [1.165, 1.54) is 17.5 Å². The third kappa shape index (κ3) is 3.50. The molecular weight excluding hydrogens is 364 g/mol. The Balaban J connectivity index is 1.17. The molecule has 0 atom stereocenters. The zero-order chi connectivity index (χ0) is 20.1. The first kappa shape index (κ1) is 18.6. The third-order valence-corrected chi connectivity index (χ3v) is 6.67. The number of fused-ring (bicyclic) bond motifs is 1. The molecule has 3 aliphatic heterocycles. The van der Waals surface area contributed by atoms with E-state index in [1.54, 1.807) is 12.3 Å². The quantitative estimate of drug-likeness (QED) is 0.804. The standard InChI is InChI=1S/C23H28N4O2/c1-22(2)12-18-17(4-3-5-20(18)29-22)13-26-10-7-23(8-11-26)14-27(15-23)21(28)19-6-9-24-16-25-19/h3-6,9,16H,7-8,10-15H2,1-2H3. The molecular formula is C23H28N4O2. The summed E-state index contributed by atoms with van der Waals surface area (Å²) in [5, 5.41) is 0. The summed E-state index contributed by atoms with van der Waals surface area (Å²) in [6.07, 6.45) is 6.35. The van der Waals surface area contributed by atoms with Crippen LogP contribution < -0.4 is 4.74 Å². The number of likely N-dealkylation sites (tertiary alicyclic amines) is 2. The van der Waals surface area contributed by atoms with E-state index in [0.29, 0.717) is 11.1 Å². The molecule has 0 bridgehead atoms. The molecule has 2 saturated heterocycles. The Morgan fingerprint density at radius 3 is 2.69 bits per heavy atom. The summed E-state index contributed by atoms with van der Waals surface area (Å²) in [4.78, 5) is 25.0. The average Bonchev–Trinajstić information content (AvgIpc) is 3.02. The maximum Gasteiger partial charge on any atom is 0.272 e. The molecule has 6 nitrogen and oxygen atoms in total. The van der Waals surface area contributed by atoms with E-state index in [2.05, 4.69) is 46.9 Å². The molecule has 0 unspecified atom stereocenters. The summed E-state index contributed by atoms with van der Waals surface area (Å²) in [6.45, 7) is 9.19. The van der Waals surface area contributed by atoms with Crippen molar-refractivity contribution in [1.82, 2.24) is 19.8 Å². The summed E-state index contributed by atoms with van der Waals surface area (Å²) in [5.74, 6) is 1.08. The zero-order valence-corrected chi connectivity index (χ0v) is 17.2. The van der Waals surface area contributed by atoms with Gasteiger partial charge in [-0.05, 0) is 57.5 Å². The topological polar surface area (TPSA) is 58.6 Å². The lowest BCUT2D eigenvalue weighted by Crippen LogP contribution is -2.61. The van der Waals surface area contributed by atoms with Gasteiger partial charge in [0.25, 0.3) is 5.91 Å². The van der Waals surface area contributed by atoms with E-state index >= 15 is 0 Å². The maximum atomic E-state index is 12.5. The number of benzene rings is 1. The molecule has 4 heterocycles. The van der Waals surface area contributed by atoms with E-state index in [-0.39, 0.29) is 11.5 Å². The molecule has 2 fully saturated rings. The number of amides is 1. The van der Waals surface area contributed by atoms with Gasteiger partial charge in [0.1, 0.15) is 23.4 Å². The molecule has 1 amide bonds. The minimum absolute atomic E-state index is 0.0305. The molecule has 1 spiro atoms. The van der Waals surface area contributed by atoms with Crippen LogP contribution in [0, 0.1) is 5.41 Å². The molecule has 5 rings (SSSR count). The Morgan fingerprint density at radius 1 is 1.17 bits per heavy atom. The van der Waals surface area contributed by atoms with Gasteiger partial charge in [0.2, 0.25) is 0 Å². The highest BCUT2D eigenvalue weighted by Gasteiger charge is 2.47. The lowest BCUT2D eigenvalue weighted by molar-refractivity contribution is -0.0339. The van der Waals surface area contributed by atoms with Gasteiger partial charge in [0.15, 0.2) is 0 Å². The number of carbonyl (C=O) groups excluding carboxylic acids is 1. The van der Waals surface area contributed by atoms with Crippen molar-refractivity contribution in [1.29, 1.82) is 0 Å². The molecule has 152 valence electrons. The molecule has 0 radical (unpaired) electrons. The molecule has 1 aromatic heterocycles. The monoisotopic (exact) mass is 392 g/mol. The van der Waals surface area contributed by atoms with Crippen molar-refractivity contribution in [3.05, 3.63) is 53.6 Å². The van der Waals surface area contributed by atoms with Gasteiger partial charge in [-0.1, -0.05) is 12.1 Å². The van der Waals surface area contributed by atoms with Crippen LogP contribution in [0.25, 0.3) is 0 Å². The highest BCUT2D eigenvalue weighted by atomic mass is 16.5. The molecule has 6 heteroatoms. The number of ether oxygens (including phenoxy) is 1. The Hall–Kier alpha value is -2.47. The average molecular weight is 393 g/mol. The number of hydrogen-bond acceptors (Lipinski definition) is 5. The molecule has 0 aliphatic carbocycles. The van der Waals surface area contributed by atoms with E-state index in [0.717, 1.165) is 57.7 Å². The second kappa shape index (κ2) is 6.80. The second-order valence-electron chi connectivity index (χ2n) is 9.46. The minimum Gasteiger partial charge on any atom is -0.487 e. The number of nitrogens with zero attached hydrogens (tertiary/aromatic N) is 4. The van der Waals surface area contributed by atoms with Crippen LogP contribution in [0.15, 0.2) is 36.8 Å². The van der Waals surface area contributed by atoms with E-state index in [4.69, 9.17) is 4.74 Å². The molecule has 0 saturated carbocycles. The first-order valence-electron chi connectivity index (χ1n) is 10.5. The largest absolute Gasteiger partial charge is 0.487 e. The van der Waals surface area contributed by atoms with Crippen molar-refractivity contribution in [2.24, 2.45) is 5.41 Å². The van der Waals surface area contributed by atoms with Gasteiger partial charge in [-0.25, -0.2) is 9.97 Å². The second-order valence-corrected chi connectivity index (χ2v) is 9.46. The Labute approximate surface area is 171 Å². The number of rotatable bonds is 3. The number of hydrogen-bond donors (Lipinski definition) is 0. The number of aromatic nitrogens is 2. The Bertz CT molecular complexity index is 912. The van der Waals surface area contributed by atoms with Gasteiger partial charge in [-0.15, -0.1) is 0 Å². The van der Waals surface area contributed by atoms with Crippen molar-refractivity contribution in [3.63, 3.8) is 0 Å². The van der Waals surface area contributed by atoms with Crippen molar-refractivity contribution in [3.8, 4) is 5.75 Å². The fourth-order valence-corrected chi connectivity index (χ4v) is 5.04. The summed E-state index contributed by atoms with van der Waals surface area (Å²) in [6, 6.07) is 8.15. The SMILES string of the molecule is CC1(C)Cc2c(CN3CCC4(CC3)CN(C(=O)c3ccncn3)C4)cccc2O1. The van der Waals surface area contributed by atoms with Crippen molar-refractivity contribution in [2.45, 2.75) is 45.3 Å². The lowest BCUT2D eigenvalue weighted by Gasteiger charge is -2.54. The smallest absolute Gasteiger partial charge is 0.272 e. The molecule has 3 aliphatic rings. The summed E-state index contributed by atoms with van der Waals surface area (Å²) in [5.41, 5.74) is 3.47. The van der Waals surface area contributed by atoms with Gasteiger partial charge in [-0.2, -0.15) is 0 Å². The van der Waals surface area contributed by atoms with Crippen LogP contribution in [-0.2, 0) is 13.0 Å². The predicted octanol–water partition coefficient (Wildman–Crippen LogP) is 2.93. The Morgan fingerprint density at radius 2 is 1.97 bits per heavy atom. The highest BCUT2D eigenvalue weighted by molar-refractivity contribution is 5.92. The zero-order valence-electron chi connectivity index (χ0n) is 17.2. The number of carbonyl (C=O) groups is 1. The fourth-order valence-electron chi connectivity index (χ4n) is 5.04. The van der Waals surface area contributed by atoms with Crippen molar-refractivity contribution < 1.29 is 9.53 Å². The van der Waals surface area contributed by atoms with Crippen LogP contribution in [0.1, 0.15) is 48.3 Å². The lowest BCUT2D eigenvalue weighted by atomic mass is 9.72. The minimum atomic E-state index is -0.101. The maximum absolute atomic E-state index is 12.5. The van der Waals surface area contributed by atoms with E-state index in [9.17, 15) is 4.79 Å². The van der Waals surface area contributed by atoms with Gasteiger partial charge in [0.05, 0.1) is 0 Å². The van der Waals surface area contributed by atoms with Crippen molar-refractivity contribution >= 4 is 5.91 Å². The van der Waals surface area contributed by atoms with Crippen LogP contribution in [0.5, 0.6) is 5.75 Å². The van der Waals surface area contributed by atoms with Gasteiger partial charge >= 0.3 is 0 Å². The first-order valence-corrected chi connectivity index (χ1v) is 10.5. The molecule has 2 aromatic rings. The van der Waals surface area contributed by atoms with E-state index in [1.807, 2.05) is 4.90 Å². The molecule has 29 heavy (non-hydrogen) atoms. The van der Waals surface area contributed by atoms with Gasteiger partial charge < -0.3 is 9.64 Å². The third-order valence-electron chi connectivity index (χ3n) is 6.67. The fraction of sp³-hybridized carbons (Fsp3) is 0.522. The van der Waals surface area contributed by atoms with E-state index < -0.39 is 0 Å². The summed E-state index contributed by atoms with van der Waals surface area (Å²) < 4.78 is 6.09. The number of piperidine rings is 1. The van der Waals surface area contributed by atoms with Gasteiger partial charge in [-0.3, -0.25) is 9.69 Å². The summed E-state index contributed by atoms with van der Waals surface area (Å²) >= 11 is 0. The summed E-state index contributed by atoms with van der Waals surface area (Å²) in [7, 11) is 0. The molecule has 1 aromatic carbocycles. The van der Waals surface area contributed by atoms with Crippen LogP contribution in [0.4, 0.5) is 0 Å². The highest BCUT2D eigenvalue weighted by Crippen LogP contribution is 2.42. The van der Waals surface area contributed by atoms with Crippen LogP contribution in [0.2, 0.25) is 0 Å². The van der Waals surface area contributed by atoms with Crippen LogP contribution in [-0.4, -0.2) is 57.5 Å². The normalized spacial score (nSPS) is 22.1. The molecule has 0 N–H and O–H groups in total. The van der Waals surface area contributed by atoms with Gasteiger partial charge in [0, 0.05) is 43.2 Å².